The highest BCUT2D eigenvalue weighted by Crippen LogP contribution is 2.35. The first kappa shape index (κ1) is 15.4. The molecule has 0 amide bonds. The van der Waals surface area contributed by atoms with E-state index >= 15 is 0 Å². The fraction of sp³-hybridized carbons (Fsp3) is 0.647. The van der Waals surface area contributed by atoms with Crippen molar-refractivity contribution in [3.63, 3.8) is 0 Å². The van der Waals surface area contributed by atoms with Crippen LogP contribution in [-0.4, -0.2) is 12.6 Å². The lowest BCUT2D eigenvalue weighted by Gasteiger charge is -2.27. The van der Waals surface area contributed by atoms with Crippen molar-refractivity contribution in [2.75, 3.05) is 6.54 Å². The zero-order valence-corrected chi connectivity index (χ0v) is 12.5. The Balaban J connectivity index is 2.32. The summed E-state index contributed by atoms with van der Waals surface area (Å²) in [6.45, 7) is 4.74. The highest BCUT2D eigenvalue weighted by atomic mass is 19.1. The minimum Gasteiger partial charge on any atom is -0.313 e. The maximum Gasteiger partial charge on any atom is 0.132 e. The van der Waals surface area contributed by atoms with Gasteiger partial charge in [0, 0.05) is 17.5 Å². The van der Waals surface area contributed by atoms with Gasteiger partial charge in [-0.15, -0.1) is 0 Å². The first-order valence-corrected chi connectivity index (χ1v) is 7.83. The third-order valence-corrected chi connectivity index (χ3v) is 4.36. The molecule has 1 aromatic rings. The average molecular weight is 281 g/mol. The number of rotatable bonds is 4. The van der Waals surface area contributed by atoms with Crippen molar-refractivity contribution in [3.8, 4) is 0 Å². The smallest absolute Gasteiger partial charge is 0.132 e. The Morgan fingerprint density at radius 2 is 1.90 bits per heavy atom. The molecule has 1 aliphatic carbocycles. The Morgan fingerprint density at radius 1 is 1.15 bits per heavy atom. The van der Waals surface area contributed by atoms with E-state index < -0.39 is 0 Å². The second-order valence-corrected chi connectivity index (χ2v) is 5.90. The molecule has 0 radical (unpaired) electrons. The highest BCUT2D eigenvalue weighted by Gasteiger charge is 2.29. The van der Waals surface area contributed by atoms with E-state index in [1.807, 2.05) is 0 Å². The summed E-state index contributed by atoms with van der Waals surface area (Å²) in [4.78, 5) is 0. The lowest BCUT2D eigenvalue weighted by molar-refractivity contribution is 0.387. The van der Waals surface area contributed by atoms with Gasteiger partial charge in [0.2, 0.25) is 0 Å². The van der Waals surface area contributed by atoms with Gasteiger partial charge in [0.15, 0.2) is 0 Å². The Morgan fingerprint density at radius 3 is 2.65 bits per heavy atom. The Hall–Kier alpha value is -0.960. The summed E-state index contributed by atoms with van der Waals surface area (Å²) in [5.74, 6) is -0.771. The number of benzene rings is 1. The van der Waals surface area contributed by atoms with Crippen LogP contribution in [0.1, 0.15) is 62.5 Å². The zero-order valence-electron chi connectivity index (χ0n) is 12.5. The summed E-state index contributed by atoms with van der Waals surface area (Å²) in [6, 6.07) is 3.14. The molecule has 1 saturated carbocycles. The third-order valence-electron chi connectivity index (χ3n) is 4.36. The summed E-state index contributed by atoms with van der Waals surface area (Å²) in [5, 5.41) is 3.50. The van der Waals surface area contributed by atoms with Crippen LogP contribution in [0.25, 0.3) is 0 Å². The van der Waals surface area contributed by atoms with Crippen molar-refractivity contribution < 1.29 is 8.78 Å². The van der Waals surface area contributed by atoms with Crippen LogP contribution in [0.3, 0.4) is 0 Å². The van der Waals surface area contributed by atoms with Crippen molar-refractivity contribution in [1.29, 1.82) is 0 Å². The summed E-state index contributed by atoms with van der Waals surface area (Å²) in [5.41, 5.74) is 0.848. The molecule has 0 aliphatic heterocycles. The van der Waals surface area contributed by atoms with Gasteiger partial charge in [-0.3, -0.25) is 0 Å². The van der Waals surface area contributed by atoms with Crippen LogP contribution in [0, 0.1) is 18.6 Å². The van der Waals surface area contributed by atoms with Crippen molar-refractivity contribution in [2.24, 2.45) is 0 Å². The van der Waals surface area contributed by atoms with Crippen LogP contribution in [0.15, 0.2) is 12.1 Å². The molecule has 1 N–H and O–H groups in total. The summed E-state index contributed by atoms with van der Waals surface area (Å²) < 4.78 is 28.6. The van der Waals surface area contributed by atoms with Crippen LogP contribution < -0.4 is 5.32 Å². The molecule has 0 heterocycles. The van der Waals surface area contributed by atoms with Gasteiger partial charge < -0.3 is 5.32 Å². The molecule has 1 fully saturated rings. The van der Waals surface area contributed by atoms with Crippen LogP contribution in [0.2, 0.25) is 0 Å². The van der Waals surface area contributed by atoms with E-state index in [2.05, 4.69) is 12.2 Å². The second-order valence-electron chi connectivity index (χ2n) is 5.90. The van der Waals surface area contributed by atoms with E-state index in [0.29, 0.717) is 11.1 Å². The highest BCUT2D eigenvalue weighted by molar-refractivity contribution is 5.31. The van der Waals surface area contributed by atoms with Gasteiger partial charge in [-0.25, -0.2) is 8.78 Å². The monoisotopic (exact) mass is 281 g/mol. The molecular weight excluding hydrogens is 256 g/mol. The molecule has 1 nitrogen and oxygen atoms in total. The van der Waals surface area contributed by atoms with Crippen LogP contribution in [0.5, 0.6) is 0 Å². The summed E-state index contributed by atoms with van der Waals surface area (Å²) in [7, 11) is 0. The molecule has 0 spiro atoms. The molecule has 20 heavy (non-hydrogen) atoms. The molecule has 2 atom stereocenters. The van der Waals surface area contributed by atoms with Gasteiger partial charge >= 0.3 is 0 Å². The molecule has 2 unspecified atom stereocenters. The molecule has 2 rings (SSSR count). The van der Waals surface area contributed by atoms with E-state index in [1.54, 1.807) is 6.92 Å². The first-order valence-electron chi connectivity index (χ1n) is 7.83. The van der Waals surface area contributed by atoms with E-state index in [9.17, 15) is 8.78 Å². The van der Waals surface area contributed by atoms with E-state index in [4.69, 9.17) is 0 Å². The minimum atomic E-state index is -0.386. The van der Waals surface area contributed by atoms with Crippen molar-refractivity contribution in [1.82, 2.24) is 5.32 Å². The number of nitrogens with one attached hydrogen (secondary N) is 1. The maximum atomic E-state index is 14.4. The number of halogens is 2. The van der Waals surface area contributed by atoms with Gasteiger partial charge in [0.25, 0.3) is 0 Å². The molecule has 3 heteroatoms. The molecule has 0 saturated heterocycles. The maximum absolute atomic E-state index is 14.4. The van der Waals surface area contributed by atoms with Crippen LogP contribution >= 0.6 is 0 Å². The van der Waals surface area contributed by atoms with E-state index in [0.717, 1.165) is 45.1 Å². The Bertz CT molecular complexity index is 445. The standard InChI is InChI=1S/C17H25F2N/c1-3-11-20-15-8-6-4-5-7-13(15)16-14(18)10-9-12(2)17(16)19/h9-10,13,15,20H,3-8,11H2,1-2H3. The Labute approximate surface area is 120 Å². The summed E-state index contributed by atoms with van der Waals surface area (Å²) >= 11 is 0. The van der Waals surface area contributed by atoms with Crippen molar-refractivity contribution in [3.05, 3.63) is 34.9 Å². The van der Waals surface area contributed by atoms with Gasteiger partial charge in [0.05, 0.1) is 0 Å². The number of hydrogen-bond donors (Lipinski definition) is 1. The molecule has 0 aromatic heterocycles. The largest absolute Gasteiger partial charge is 0.313 e. The van der Waals surface area contributed by atoms with Gasteiger partial charge in [-0.2, -0.15) is 0 Å². The SMILES string of the molecule is CCCNC1CCCCCC1c1c(F)ccc(C)c1F. The normalized spacial score (nSPS) is 23.6. The predicted molar refractivity (Wildman–Crippen MR) is 79.0 cm³/mol. The fourth-order valence-corrected chi connectivity index (χ4v) is 3.25. The second kappa shape index (κ2) is 7.16. The van der Waals surface area contributed by atoms with Gasteiger partial charge in [0.1, 0.15) is 11.6 Å². The number of hydrogen-bond acceptors (Lipinski definition) is 1. The molecule has 0 bridgehead atoms. The van der Waals surface area contributed by atoms with Gasteiger partial charge in [-0.05, 0) is 44.4 Å². The lowest BCUT2D eigenvalue weighted by Crippen LogP contribution is -2.35. The van der Waals surface area contributed by atoms with E-state index in [-0.39, 0.29) is 23.6 Å². The van der Waals surface area contributed by atoms with Crippen LogP contribution in [-0.2, 0) is 0 Å². The van der Waals surface area contributed by atoms with Crippen LogP contribution in [0.4, 0.5) is 8.78 Å². The van der Waals surface area contributed by atoms with Crippen molar-refractivity contribution in [2.45, 2.75) is 64.3 Å². The molecule has 1 aromatic carbocycles. The summed E-state index contributed by atoms with van der Waals surface area (Å²) in [6.07, 6.45) is 6.29. The fourth-order valence-electron chi connectivity index (χ4n) is 3.25. The molecular formula is C17H25F2N. The number of aryl methyl sites for hydroxylation is 1. The molecule has 1 aliphatic rings. The minimum absolute atomic E-state index is 0.0380. The van der Waals surface area contributed by atoms with Crippen molar-refractivity contribution >= 4 is 0 Å². The topological polar surface area (TPSA) is 12.0 Å². The lowest BCUT2D eigenvalue weighted by atomic mass is 9.86. The first-order chi connectivity index (χ1) is 9.65. The average Bonchev–Trinajstić information content (AvgIpc) is 2.67. The quantitative estimate of drug-likeness (QED) is 0.790. The predicted octanol–water partition coefficient (Wildman–Crippen LogP) is 4.69. The third kappa shape index (κ3) is 3.38. The van der Waals surface area contributed by atoms with Gasteiger partial charge in [-0.1, -0.05) is 32.3 Å². The van der Waals surface area contributed by atoms with E-state index in [1.165, 1.54) is 12.1 Å². The Kier molecular flexibility index (Phi) is 5.53. The molecule has 112 valence electrons. The zero-order chi connectivity index (χ0) is 14.5.